The molecule has 3 saturated carbocycles. The summed E-state index contributed by atoms with van der Waals surface area (Å²) in [5, 5.41) is 3.72. The minimum atomic E-state index is 0.897. The lowest BCUT2D eigenvalue weighted by atomic mass is 9.90. The summed E-state index contributed by atoms with van der Waals surface area (Å²) in [6, 6.07) is 1.88. The highest BCUT2D eigenvalue weighted by Gasteiger charge is 2.42. The topological polar surface area (TPSA) is 15.3 Å². The lowest BCUT2D eigenvalue weighted by Gasteiger charge is -2.39. The first-order valence-electron chi connectivity index (χ1n) is 8.36. The minimum absolute atomic E-state index is 0.897. The molecule has 0 aromatic carbocycles. The Balaban J connectivity index is 1.24. The van der Waals surface area contributed by atoms with E-state index in [0.29, 0.717) is 0 Å². The zero-order valence-electron chi connectivity index (χ0n) is 11.6. The average Bonchev–Trinajstić information content (AvgIpc) is 3.01. The molecule has 2 nitrogen and oxygen atoms in total. The number of piperidine rings is 1. The zero-order valence-corrected chi connectivity index (χ0v) is 11.6. The van der Waals surface area contributed by atoms with E-state index < -0.39 is 0 Å². The summed E-state index contributed by atoms with van der Waals surface area (Å²) in [5.41, 5.74) is 0. The summed E-state index contributed by atoms with van der Waals surface area (Å²) in [6.07, 6.45) is 12.0. The van der Waals surface area contributed by atoms with E-state index in [9.17, 15) is 0 Å². The Morgan fingerprint density at radius 3 is 2.33 bits per heavy atom. The van der Waals surface area contributed by atoms with Gasteiger partial charge in [0.05, 0.1) is 0 Å². The molecule has 2 bridgehead atoms. The summed E-state index contributed by atoms with van der Waals surface area (Å²) in [7, 11) is 0. The summed E-state index contributed by atoms with van der Waals surface area (Å²) in [6.45, 7) is 4.09. The molecule has 3 aliphatic carbocycles. The van der Waals surface area contributed by atoms with Gasteiger partial charge in [-0.25, -0.2) is 0 Å². The van der Waals surface area contributed by atoms with Gasteiger partial charge in [0, 0.05) is 12.1 Å². The van der Waals surface area contributed by atoms with Crippen LogP contribution in [0.5, 0.6) is 0 Å². The molecule has 3 atom stereocenters. The molecular formula is C16H28N2. The van der Waals surface area contributed by atoms with Gasteiger partial charge < -0.3 is 10.2 Å². The van der Waals surface area contributed by atoms with E-state index in [1.165, 1.54) is 51.7 Å². The highest BCUT2D eigenvalue weighted by Crippen LogP contribution is 2.47. The molecule has 0 aromatic rings. The van der Waals surface area contributed by atoms with Crippen molar-refractivity contribution in [1.29, 1.82) is 0 Å². The number of fused-ring (bicyclic) bond motifs is 2. The van der Waals surface area contributed by atoms with Crippen molar-refractivity contribution >= 4 is 0 Å². The Kier molecular flexibility index (Phi) is 3.12. The zero-order chi connectivity index (χ0) is 11.9. The second-order valence-corrected chi connectivity index (χ2v) is 7.40. The number of rotatable bonds is 4. The minimum Gasteiger partial charge on any atom is -0.314 e. The van der Waals surface area contributed by atoms with Crippen LogP contribution in [-0.2, 0) is 0 Å². The van der Waals surface area contributed by atoms with Crippen molar-refractivity contribution in [1.82, 2.24) is 10.2 Å². The first-order chi connectivity index (χ1) is 8.88. The monoisotopic (exact) mass is 248 g/mol. The molecule has 1 aliphatic heterocycles. The van der Waals surface area contributed by atoms with Crippen LogP contribution >= 0.6 is 0 Å². The van der Waals surface area contributed by atoms with Gasteiger partial charge in [0.2, 0.25) is 0 Å². The Hall–Kier alpha value is -0.0800. The molecule has 0 amide bonds. The van der Waals surface area contributed by atoms with Crippen LogP contribution in [0.1, 0.15) is 51.4 Å². The summed E-state index contributed by atoms with van der Waals surface area (Å²) < 4.78 is 0. The van der Waals surface area contributed by atoms with Crippen molar-refractivity contribution in [3.63, 3.8) is 0 Å². The van der Waals surface area contributed by atoms with Gasteiger partial charge in [-0.05, 0) is 82.3 Å². The fourth-order valence-corrected chi connectivity index (χ4v) is 4.77. The number of nitrogens with zero attached hydrogens (tertiary/aromatic N) is 1. The van der Waals surface area contributed by atoms with Crippen LogP contribution in [0.2, 0.25) is 0 Å². The lowest BCUT2D eigenvalue weighted by Crippen LogP contribution is -2.45. The second kappa shape index (κ2) is 4.79. The Morgan fingerprint density at radius 1 is 0.889 bits per heavy atom. The van der Waals surface area contributed by atoms with Gasteiger partial charge in [0.15, 0.2) is 0 Å². The van der Waals surface area contributed by atoms with Gasteiger partial charge in [-0.2, -0.15) is 0 Å². The van der Waals surface area contributed by atoms with Crippen LogP contribution in [0.3, 0.4) is 0 Å². The molecule has 1 N–H and O–H groups in total. The van der Waals surface area contributed by atoms with E-state index in [1.54, 1.807) is 19.3 Å². The third-order valence-corrected chi connectivity index (χ3v) is 6.09. The van der Waals surface area contributed by atoms with Crippen LogP contribution in [0, 0.1) is 17.8 Å². The van der Waals surface area contributed by atoms with Gasteiger partial charge in [0.25, 0.3) is 0 Å². The van der Waals surface area contributed by atoms with Crippen molar-refractivity contribution in [2.24, 2.45) is 17.8 Å². The molecule has 1 saturated heterocycles. The molecule has 3 unspecified atom stereocenters. The van der Waals surface area contributed by atoms with Crippen molar-refractivity contribution in [2.45, 2.75) is 63.5 Å². The Bertz CT molecular complexity index is 291. The SMILES string of the molecule is C1CN(C2CC3CCC2C3)CCC1CNC1CC1. The highest BCUT2D eigenvalue weighted by molar-refractivity contribution is 4.96. The summed E-state index contributed by atoms with van der Waals surface area (Å²) in [4.78, 5) is 2.86. The molecule has 18 heavy (non-hydrogen) atoms. The maximum absolute atomic E-state index is 3.72. The summed E-state index contributed by atoms with van der Waals surface area (Å²) in [5.74, 6) is 3.16. The highest BCUT2D eigenvalue weighted by atomic mass is 15.2. The van der Waals surface area contributed by atoms with E-state index in [4.69, 9.17) is 0 Å². The predicted octanol–water partition coefficient (Wildman–Crippen LogP) is 2.64. The van der Waals surface area contributed by atoms with Gasteiger partial charge in [-0.3, -0.25) is 0 Å². The molecule has 1 heterocycles. The number of hydrogen-bond donors (Lipinski definition) is 1. The fraction of sp³-hybridized carbons (Fsp3) is 1.00. The average molecular weight is 248 g/mol. The van der Waals surface area contributed by atoms with Crippen molar-refractivity contribution in [3.8, 4) is 0 Å². The molecule has 0 radical (unpaired) electrons. The molecule has 2 heteroatoms. The van der Waals surface area contributed by atoms with Crippen molar-refractivity contribution in [2.75, 3.05) is 19.6 Å². The molecule has 0 aromatic heterocycles. The van der Waals surface area contributed by atoms with Crippen LogP contribution < -0.4 is 5.32 Å². The van der Waals surface area contributed by atoms with E-state index in [2.05, 4.69) is 10.2 Å². The predicted molar refractivity (Wildman–Crippen MR) is 74.6 cm³/mol. The van der Waals surface area contributed by atoms with Crippen LogP contribution in [0.15, 0.2) is 0 Å². The molecule has 102 valence electrons. The quantitative estimate of drug-likeness (QED) is 0.823. The van der Waals surface area contributed by atoms with Gasteiger partial charge in [-0.1, -0.05) is 6.42 Å². The number of hydrogen-bond acceptors (Lipinski definition) is 2. The Labute approximate surface area is 111 Å². The first kappa shape index (κ1) is 11.7. The molecule has 4 aliphatic rings. The summed E-state index contributed by atoms with van der Waals surface area (Å²) >= 11 is 0. The van der Waals surface area contributed by atoms with Crippen molar-refractivity contribution < 1.29 is 0 Å². The fourth-order valence-electron chi connectivity index (χ4n) is 4.77. The first-order valence-corrected chi connectivity index (χ1v) is 8.36. The number of likely N-dealkylation sites (tertiary alicyclic amines) is 1. The van der Waals surface area contributed by atoms with Crippen molar-refractivity contribution in [3.05, 3.63) is 0 Å². The third-order valence-electron chi connectivity index (χ3n) is 6.09. The van der Waals surface area contributed by atoms with Crippen LogP contribution in [0.4, 0.5) is 0 Å². The van der Waals surface area contributed by atoms with E-state index >= 15 is 0 Å². The maximum Gasteiger partial charge on any atom is 0.0126 e. The third kappa shape index (κ3) is 2.34. The van der Waals surface area contributed by atoms with Crippen LogP contribution in [0.25, 0.3) is 0 Å². The lowest BCUT2D eigenvalue weighted by molar-refractivity contribution is 0.0961. The normalized spacial score (nSPS) is 41.7. The maximum atomic E-state index is 3.72. The number of nitrogens with one attached hydrogen (secondary N) is 1. The molecule has 4 rings (SSSR count). The van der Waals surface area contributed by atoms with E-state index in [-0.39, 0.29) is 0 Å². The smallest absolute Gasteiger partial charge is 0.0126 e. The van der Waals surface area contributed by atoms with E-state index in [0.717, 1.165) is 29.8 Å². The van der Waals surface area contributed by atoms with E-state index in [1.807, 2.05) is 0 Å². The van der Waals surface area contributed by atoms with Gasteiger partial charge in [0.1, 0.15) is 0 Å². The van der Waals surface area contributed by atoms with Gasteiger partial charge in [-0.15, -0.1) is 0 Å². The molecular weight excluding hydrogens is 220 g/mol. The standard InChI is InChI=1S/C16H28N2/c1-2-14-9-13(1)10-16(14)18-7-5-12(6-8-18)11-17-15-3-4-15/h12-17H,1-11H2. The Morgan fingerprint density at radius 2 is 1.72 bits per heavy atom. The van der Waals surface area contributed by atoms with Gasteiger partial charge >= 0.3 is 0 Å². The second-order valence-electron chi connectivity index (χ2n) is 7.40. The largest absolute Gasteiger partial charge is 0.314 e. The molecule has 0 spiro atoms. The molecule has 4 fully saturated rings. The van der Waals surface area contributed by atoms with Crippen LogP contribution in [-0.4, -0.2) is 36.6 Å².